The van der Waals surface area contributed by atoms with E-state index in [0.717, 1.165) is 6.42 Å². The maximum atomic E-state index is 12.0. The molecule has 0 saturated carbocycles. The molecule has 1 saturated heterocycles. The highest BCUT2D eigenvalue weighted by atomic mass is 16.6. The van der Waals surface area contributed by atoms with E-state index in [1.165, 1.54) is 7.11 Å². The van der Waals surface area contributed by atoms with Gasteiger partial charge in [-0.3, -0.25) is 0 Å². The first-order valence-corrected chi connectivity index (χ1v) is 8.07. The van der Waals surface area contributed by atoms with Gasteiger partial charge in [-0.1, -0.05) is 0 Å². The van der Waals surface area contributed by atoms with Crippen molar-refractivity contribution in [3.05, 3.63) is 29.8 Å². The monoisotopic (exact) mass is 335 g/mol. The molecule has 0 unspecified atom stereocenters. The van der Waals surface area contributed by atoms with Crippen molar-refractivity contribution in [1.82, 2.24) is 4.90 Å². The number of likely N-dealkylation sites (tertiary alicyclic amines) is 1. The number of ether oxygens (including phenoxy) is 3. The average molecular weight is 335 g/mol. The lowest BCUT2D eigenvalue weighted by Crippen LogP contribution is -2.35. The van der Waals surface area contributed by atoms with Gasteiger partial charge >= 0.3 is 12.1 Å². The SMILES string of the molecule is COC(=O)c1ccc(OC[C@H]2CCN(C(=O)OC(C)(C)C)C2)cc1. The van der Waals surface area contributed by atoms with Crippen LogP contribution in [0, 0.1) is 5.92 Å². The normalized spacial score (nSPS) is 17.5. The first-order valence-electron chi connectivity index (χ1n) is 8.07. The molecule has 132 valence electrons. The van der Waals surface area contributed by atoms with E-state index < -0.39 is 5.60 Å². The highest BCUT2D eigenvalue weighted by Gasteiger charge is 2.30. The Kier molecular flexibility index (Phi) is 5.70. The number of benzene rings is 1. The Hall–Kier alpha value is -2.24. The summed E-state index contributed by atoms with van der Waals surface area (Å²) in [5.74, 6) is 0.599. The van der Waals surface area contributed by atoms with Crippen molar-refractivity contribution in [2.45, 2.75) is 32.8 Å². The van der Waals surface area contributed by atoms with E-state index >= 15 is 0 Å². The molecule has 1 aromatic carbocycles. The second kappa shape index (κ2) is 7.55. The maximum Gasteiger partial charge on any atom is 0.410 e. The van der Waals surface area contributed by atoms with E-state index in [2.05, 4.69) is 4.74 Å². The summed E-state index contributed by atoms with van der Waals surface area (Å²) in [7, 11) is 1.35. The topological polar surface area (TPSA) is 65.1 Å². The number of nitrogens with zero attached hydrogens (tertiary/aromatic N) is 1. The van der Waals surface area contributed by atoms with Crippen molar-refractivity contribution >= 4 is 12.1 Å². The zero-order valence-electron chi connectivity index (χ0n) is 14.7. The van der Waals surface area contributed by atoms with E-state index in [4.69, 9.17) is 9.47 Å². The van der Waals surface area contributed by atoms with Crippen molar-refractivity contribution in [2.75, 3.05) is 26.8 Å². The number of methoxy groups -OCH3 is 1. The molecule has 6 heteroatoms. The third-order valence-corrected chi connectivity index (χ3v) is 3.70. The third kappa shape index (κ3) is 5.15. The van der Waals surface area contributed by atoms with Crippen molar-refractivity contribution in [3.63, 3.8) is 0 Å². The molecule has 0 N–H and O–H groups in total. The Morgan fingerprint density at radius 1 is 1.21 bits per heavy atom. The van der Waals surface area contributed by atoms with E-state index in [1.807, 2.05) is 20.8 Å². The van der Waals surface area contributed by atoms with Crippen LogP contribution in [0.15, 0.2) is 24.3 Å². The van der Waals surface area contributed by atoms with E-state index in [0.29, 0.717) is 31.0 Å². The molecule has 0 aromatic heterocycles. The fourth-order valence-corrected chi connectivity index (χ4v) is 2.48. The summed E-state index contributed by atoms with van der Waals surface area (Å²) < 4.78 is 15.8. The Balaban J connectivity index is 1.79. The quantitative estimate of drug-likeness (QED) is 0.791. The van der Waals surface area contributed by atoms with Crippen LogP contribution in [0.25, 0.3) is 0 Å². The number of carbonyl (C=O) groups is 2. The van der Waals surface area contributed by atoms with Gasteiger partial charge in [-0.05, 0) is 51.5 Å². The van der Waals surface area contributed by atoms with Gasteiger partial charge in [0.2, 0.25) is 0 Å². The van der Waals surface area contributed by atoms with Gasteiger partial charge in [-0.25, -0.2) is 9.59 Å². The zero-order valence-corrected chi connectivity index (χ0v) is 14.7. The zero-order chi connectivity index (χ0) is 17.7. The highest BCUT2D eigenvalue weighted by Crippen LogP contribution is 2.21. The largest absolute Gasteiger partial charge is 0.493 e. The van der Waals surface area contributed by atoms with Crippen LogP contribution in [0.1, 0.15) is 37.6 Å². The fraction of sp³-hybridized carbons (Fsp3) is 0.556. The van der Waals surface area contributed by atoms with Crippen LogP contribution in [0.4, 0.5) is 4.79 Å². The summed E-state index contributed by atoms with van der Waals surface area (Å²) in [5.41, 5.74) is 0.00868. The smallest absolute Gasteiger partial charge is 0.410 e. The van der Waals surface area contributed by atoms with Crippen LogP contribution in [-0.4, -0.2) is 49.4 Å². The molecule has 1 heterocycles. The van der Waals surface area contributed by atoms with Gasteiger partial charge in [0.1, 0.15) is 11.4 Å². The molecule has 0 spiro atoms. The summed E-state index contributed by atoms with van der Waals surface area (Å²) in [6, 6.07) is 6.82. The van der Waals surface area contributed by atoms with Crippen LogP contribution >= 0.6 is 0 Å². The number of rotatable bonds is 4. The first kappa shape index (κ1) is 18.1. The maximum absolute atomic E-state index is 12.0. The lowest BCUT2D eigenvalue weighted by molar-refractivity contribution is 0.0284. The van der Waals surface area contributed by atoms with E-state index in [9.17, 15) is 9.59 Å². The highest BCUT2D eigenvalue weighted by molar-refractivity contribution is 5.89. The number of carbonyl (C=O) groups excluding carboxylic acids is 2. The van der Waals surface area contributed by atoms with E-state index in [-0.39, 0.29) is 18.0 Å². The van der Waals surface area contributed by atoms with E-state index in [1.54, 1.807) is 29.2 Å². The van der Waals surface area contributed by atoms with Crippen molar-refractivity contribution < 1.29 is 23.8 Å². The summed E-state index contributed by atoms with van der Waals surface area (Å²) in [4.78, 5) is 25.1. The van der Waals surface area contributed by atoms with Gasteiger partial charge in [0, 0.05) is 19.0 Å². The Morgan fingerprint density at radius 3 is 2.46 bits per heavy atom. The average Bonchev–Trinajstić information content (AvgIpc) is 3.00. The molecule has 0 radical (unpaired) electrons. The van der Waals surface area contributed by atoms with Crippen molar-refractivity contribution in [3.8, 4) is 5.75 Å². The minimum Gasteiger partial charge on any atom is -0.493 e. The van der Waals surface area contributed by atoms with Gasteiger partial charge in [-0.15, -0.1) is 0 Å². The third-order valence-electron chi connectivity index (χ3n) is 3.70. The molecule has 24 heavy (non-hydrogen) atoms. The second-order valence-corrected chi connectivity index (χ2v) is 6.91. The molecule has 1 atom stereocenters. The lowest BCUT2D eigenvalue weighted by Gasteiger charge is -2.24. The van der Waals surface area contributed by atoms with Crippen LogP contribution in [0.5, 0.6) is 5.75 Å². The molecule has 1 aromatic rings. The van der Waals surface area contributed by atoms with Gasteiger partial charge in [-0.2, -0.15) is 0 Å². The van der Waals surface area contributed by atoms with Gasteiger partial charge in [0.15, 0.2) is 0 Å². The van der Waals surface area contributed by atoms with Crippen molar-refractivity contribution in [1.29, 1.82) is 0 Å². The van der Waals surface area contributed by atoms with Crippen LogP contribution in [-0.2, 0) is 9.47 Å². The second-order valence-electron chi connectivity index (χ2n) is 6.91. The van der Waals surface area contributed by atoms with Crippen LogP contribution in [0.2, 0.25) is 0 Å². The molecule has 1 aliphatic rings. The van der Waals surface area contributed by atoms with Crippen LogP contribution in [0.3, 0.4) is 0 Å². The molecule has 0 bridgehead atoms. The molecule has 0 aliphatic carbocycles. The summed E-state index contributed by atoms with van der Waals surface area (Å²) in [6.07, 6.45) is 0.617. The fourth-order valence-electron chi connectivity index (χ4n) is 2.48. The number of hydrogen-bond donors (Lipinski definition) is 0. The minimum atomic E-state index is -0.479. The van der Waals surface area contributed by atoms with Crippen molar-refractivity contribution in [2.24, 2.45) is 5.92 Å². The first-order chi connectivity index (χ1) is 11.3. The summed E-state index contributed by atoms with van der Waals surface area (Å²) in [5, 5.41) is 0. The Bertz CT molecular complexity index is 576. The molecular weight excluding hydrogens is 310 g/mol. The summed E-state index contributed by atoms with van der Waals surface area (Å²) >= 11 is 0. The number of hydrogen-bond acceptors (Lipinski definition) is 5. The molecule has 1 amide bonds. The Labute approximate surface area is 142 Å². The molecule has 2 rings (SSSR count). The molecule has 1 fully saturated rings. The molecule has 1 aliphatic heterocycles. The number of amides is 1. The van der Waals surface area contributed by atoms with Gasteiger partial charge in [0.25, 0.3) is 0 Å². The predicted octanol–water partition coefficient (Wildman–Crippen LogP) is 3.11. The van der Waals surface area contributed by atoms with Crippen LogP contribution < -0.4 is 4.74 Å². The predicted molar refractivity (Wildman–Crippen MR) is 89.2 cm³/mol. The lowest BCUT2D eigenvalue weighted by atomic mass is 10.1. The minimum absolute atomic E-state index is 0.271. The number of esters is 1. The summed E-state index contributed by atoms with van der Waals surface area (Å²) in [6.45, 7) is 7.43. The molecule has 6 nitrogen and oxygen atoms in total. The Morgan fingerprint density at radius 2 is 1.88 bits per heavy atom. The standard InChI is InChI=1S/C18H25NO5/c1-18(2,3)24-17(21)19-10-9-13(11-19)12-23-15-7-5-14(6-8-15)16(20)22-4/h5-8,13H,9-12H2,1-4H3/t13-/m0/s1. The van der Waals surface area contributed by atoms with Gasteiger partial charge < -0.3 is 19.1 Å². The van der Waals surface area contributed by atoms with Gasteiger partial charge in [0.05, 0.1) is 19.3 Å². The molecular formula is C18H25NO5.